The van der Waals surface area contributed by atoms with E-state index in [9.17, 15) is 19.2 Å². The maximum absolute atomic E-state index is 13.1. The number of benzene rings is 2. The van der Waals surface area contributed by atoms with E-state index in [0.717, 1.165) is 19.3 Å². The number of ether oxygens (including phenoxy) is 2. The van der Waals surface area contributed by atoms with Gasteiger partial charge in [0, 0.05) is 17.2 Å². The van der Waals surface area contributed by atoms with Gasteiger partial charge in [-0.05, 0) is 55.4 Å². The van der Waals surface area contributed by atoms with Crippen molar-refractivity contribution in [2.75, 3.05) is 19.0 Å². The zero-order chi connectivity index (χ0) is 22.7. The Bertz CT molecular complexity index is 1020. The van der Waals surface area contributed by atoms with E-state index in [1.807, 2.05) is 18.2 Å². The van der Waals surface area contributed by atoms with Crippen molar-refractivity contribution in [1.82, 2.24) is 0 Å². The van der Waals surface area contributed by atoms with Crippen LogP contribution in [0.2, 0.25) is 0 Å². The largest absolute Gasteiger partial charge is 0.465 e. The minimum absolute atomic E-state index is 0.0186. The summed E-state index contributed by atoms with van der Waals surface area (Å²) in [7, 11) is 1.29. The van der Waals surface area contributed by atoms with Crippen LogP contribution in [0.1, 0.15) is 40.0 Å². The molecule has 0 aliphatic heterocycles. The highest BCUT2D eigenvalue weighted by atomic mass is 16.5. The fourth-order valence-corrected chi connectivity index (χ4v) is 5.04. The van der Waals surface area contributed by atoms with Crippen molar-refractivity contribution < 1.29 is 28.7 Å². The summed E-state index contributed by atoms with van der Waals surface area (Å²) in [6.45, 7) is -0.433. The van der Waals surface area contributed by atoms with Crippen LogP contribution in [0.5, 0.6) is 0 Å². The second-order valence-electron chi connectivity index (χ2n) is 8.34. The van der Waals surface area contributed by atoms with Gasteiger partial charge in [0.25, 0.3) is 5.91 Å². The minimum Gasteiger partial charge on any atom is -0.465 e. The van der Waals surface area contributed by atoms with Crippen molar-refractivity contribution in [1.29, 1.82) is 0 Å². The molecule has 4 rings (SSSR count). The first kappa shape index (κ1) is 21.7. The van der Waals surface area contributed by atoms with Gasteiger partial charge >= 0.3 is 11.9 Å². The molecule has 4 atom stereocenters. The number of Topliss-reactive ketones (excluding diaryl/α,β-unsaturated/α-hetero) is 1. The molecule has 2 fully saturated rings. The van der Waals surface area contributed by atoms with E-state index >= 15 is 0 Å². The molecule has 166 valence electrons. The Morgan fingerprint density at radius 3 is 2.19 bits per heavy atom. The Morgan fingerprint density at radius 2 is 1.53 bits per heavy atom. The Kier molecular flexibility index (Phi) is 6.35. The van der Waals surface area contributed by atoms with E-state index < -0.39 is 36.3 Å². The average molecular weight is 435 g/mol. The van der Waals surface area contributed by atoms with Gasteiger partial charge in [-0.3, -0.25) is 14.4 Å². The van der Waals surface area contributed by atoms with Crippen LogP contribution in [0.25, 0.3) is 0 Å². The molecule has 0 spiro atoms. The summed E-state index contributed by atoms with van der Waals surface area (Å²) in [5.74, 6) is -2.05. The highest BCUT2D eigenvalue weighted by Crippen LogP contribution is 2.53. The number of methoxy groups -OCH3 is 1. The van der Waals surface area contributed by atoms with Gasteiger partial charge in [-0.2, -0.15) is 0 Å². The maximum atomic E-state index is 13.1. The van der Waals surface area contributed by atoms with E-state index in [-0.39, 0.29) is 17.6 Å². The second kappa shape index (κ2) is 9.34. The standard InChI is InChI=1S/C25H25NO6/c1-31-24(29)16-9-11-19(12-10-16)26-20(27)14-32-25(30)22-18-8-7-17(13-18)21(22)23(28)15-5-3-2-4-6-15/h2-6,9-12,17-18,21-22H,7-8,13-14H2,1H3,(H,26,27)/t17-,18-,21-,22+/m0/s1. The van der Waals surface area contributed by atoms with Crippen molar-refractivity contribution in [2.45, 2.75) is 19.3 Å². The number of amides is 1. The quantitative estimate of drug-likeness (QED) is 0.528. The number of nitrogens with one attached hydrogen (secondary N) is 1. The third-order valence-corrected chi connectivity index (χ3v) is 6.48. The van der Waals surface area contributed by atoms with Crippen LogP contribution in [0.15, 0.2) is 54.6 Å². The van der Waals surface area contributed by atoms with Gasteiger partial charge in [0.05, 0.1) is 18.6 Å². The molecule has 7 nitrogen and oxygen atoms in total. The smallest absolute Gasteiger partial charge is 0.337 e. The van der Waals surface area contributed by atoms with Crippen LogP contribution >= 0.6 is 0 Å². The summed E-state index contributed by atoms with van der Waals surface area (Å²) in [5.41, 5.74) is 1.44. The molecule has 2 aliphatic carbocycles. The van der Waals surface area contributed by atoms with Crippen LogP contribution in [-0.4, -0.2) is 37.3 Å². The van der Waals surface area contributed by atoms with Crippen LogP contribution in [-0.2, 0) is 19.1 Å². The van der Waals surface area contributed by atoms with Crippen molar-refractivity contribution in [3.63, 3.8) is 0 Å². The highest BCUT2D eigenvalue weighted by molar-refractivity contribution is 6.01. The number of ketones is 1. The molecule has 32 heavy (non-hydrogen) atoms. The molecule has 1 amide bonds. The lowest BCUT2D eigenvalue weighted by Crippen LogP contribution is -2.37. The Morgan fingerprint density at radius 1 is 0.875 bits per heavy atom. The topological polar surface area (TPSA) is 98.8 Å². The number of anilines is 1. The van der Waals surface area contributed by atoms with Crippen LogP contribution in [0.4, 0.5) is 5.69 Å². The zero-order valence-corrected chi connectivity index (χ0v) is 17.8. The van der Waals surface area contributed by atoms with Crippen molar-refractivity contribution in [3.8, 4) is 0 Å². The van der Waals surface area contributed by atoms with Crippen molar-refractivity contribution >= 4 is 29.3 Å². The number of esters is 2. The molecule has 0 aromatic heterocycles. The number of hydrogen-bond acceptors (Lipinski definition) is 6. The van der Waals surface area contributed by atoms with E-state index in [4.69, 9.17) is 4.74 Å². The predicted octanol–water partition coefficient (Wildman–Crippen LogP) is 3.50. The first-order chi connectivity index (χ1) is 15.5. The van der Waals surface area contributed by atoms with E-state index in [0.29, 0.717) is 16.8 Å². The van der Waals surface area contributed by atoms with E-state index in [1.165, 1.54) is 19.2 Å². The van der Waals surface area contributed by atoms with Crippen LogP contribution in [0.3, 0.4) is 0 Å². The van der Waals surface area contributed by atoms with Gasteiger partial charge in [-0.25, -0.2) is 4.79 Å². The van der Waals surface area contributed by atoms with Crippen molar-refractivity contribution in [2.24, 2.45) is 23.7 Å². The van der Waals surface area contributed by atoms with Gasteiger partial charge in [0.2, 0.25) is 0 Å². The van der Waals surface area contributed by atoms with Crippen molar-refractivity contribution in [3.05, 3.63) is 65.7 Å². The molecule has 0 saturated heterocycles. The van der Waals surface area contributed by atoms with E-state index in [2.05, 4.69) is 10.1 Å². The Labute approximate surface area is 186 Å². The fourth-order valence-electron chi connectivity index (χ4n) is 5.04. The normalized spacial score (nSPS) is 23.4. The summed E-state index contributed by atoms with van der Waals surface area (Å²) >= 11 is 0. The number of carbonyl (C=O) groups excluding carboxylic acids is 4. The summed E-state index contributed by atoms with van der Waals surface area (Å²) in [6, 6.07) is 15.2. The monoisotopic (exact) mass is 435 g/mol. The molecule has 2 aromatic carbocycles. The Balaban J connectivity index is 1.36. The molecule has 2 aromatic rings. The van der Waals surface area contributed by atoms with Gasteiger partial charge < -0.3 is 14.8 Å². The number of carbonyl (C=O) groups is 4. The maximum Gasteiger partial charge on any atom is 0.337 e. The minimum atomic E-state index is -0.506. The number of fused-ring (bicyclic) bond motifs is 2. The lowest BCUT2D eigenvalue weighted by atomic mass is 9.75. The molecule has 2 bridgehead atoms. The number of rotatable bonds is 7. The molecule has 2 aliphatic rings. The van der Waals surface area contributed by atoms with Crippen LogP contribution in [0, 0.1) is 23.7 Å². The molecule has 1 N–H and O–H groups in total. The average Bonchev–Trinajstić information content (AvgIpc) is 3.44. The number of hydrogen-bond donors (Lipinski definition) is 1. The molecule has 2 saturated carbocycles. The molecular weight excluding hydrogens is 410 g/mol. The first-order valence-corrected chi connectivity index (χ1v) is 10.7. The van der Waals surface area contributed by atoms with Gasteiger partial charge in [0.15, 0.2) is 12.4 Å². The molecule has 0 unspecified atom stereocenters. The van der Waals surface area contributed by atoms with E-state index in [1.54, 1.807) is 24.3 Å². The fraction of sp³-hybridized carbons (Fsp3) is 0.360. The summed E-state index contributed by atoms with van der Waals surface area (Å²) < 4.78 is 9.97. The zero-order valence-electron chi connectivity index (χ0n) is 17.8. The molecular formula is C25H25NO6. The Hall–Kier alpha value is -3.48. The van der Waals surface area contributed by atoms with Gasteiger partial charge in [-0.1, -0.05) is 30.3 Å². The highest BCUT2D eigenvalue weighted by Gasteiger charge is 2.54. The van der Waals surface area contributed by atoms with Crippen LogP contribution < -0.4 is 5.32 Å². The third-order valence-electron chi connectivity index (χ3n) is 6.48. The molecule has 0 radical (unpaired) electrons. The second-order valence-corrected chi connectivity index (χ2v) is 8.34. The van der Waals surface area contributed by atoms with Gasteiger partial charge in [-0.15, -0.1) is 0 Å². The lowest BCUT2D eigenvalue weighted by Gasteiger charge is -2.28. The molecule has 0 heterocycles. The van der Waals surface area contributed by atoms with Gasteiger partial charge in [0.1, 0.15) is 0 Å². The lowest BCUT2D eigenvalue weighted by molar-refractivity contribution is -0.154. The predicted molar refractivity (Wildman–Crippen MR) is 116 cm³/mol. The first-order valence-electron chi connectivity index (χ1n) is 10.7. The summed E-state index contributed by atoms with van der Waals surface area (Å²) in [4.78, 5) is 49.7. The molecule has 7 heteroatoms. The third kappa shape index (κ3) is 4.42. The summed E-state index contributed by atoms with van der Waals surface area (Å²) in [6.07, 6.45) is 2.70. The SMILES string of the molecule is COC(=O)c1ccc(NC(=O)COC(=O)[C@@H]2[C@H]3CC[C@@H](C3)[C@@H]2C(=O)c2ccccc2)cc1. The summed E-state index contributed by atoms with van der Waals surface area (Å²) in [5, 5.41) is 2.63.